The van der Waals surface area contributed by atoms with E-state index in [9.17, 15) is 9.59 Å². The van der Waals surface area contributed by atoms with Crippen molar-refractivity contribution in [1.29, 1.82) is 0 Å². The van der Waals surface area contributed by atoms with Crippen LogP contribution in [0.25, 0.3) is 0 Å². The second-order valence-corrected chi connectivity index (χ2v) is 4.92. The van der Waals surface area contributed by atoms with Crippen molar-refractivity contribution in [3.05, 3.63) is 53.0 Å². The summed E-state index contributed by atoms with van der Waals surface area (Å²) < 4.78 is 10.9. The lowest BCUT2D eigenvalue weighted by molar-refractivity contribution is 0.0722. The van der Waals surface area contributed by atoms with Gasteiger partial charge in [-0.1, -0.05) is 12.1 Å². The maximum absolute atomic E-state index is 12.5. The summed E-state index contributed by atoms with van der Waals surface area (Å²) in [5.41, 5.74) is 0.929. The SMILES string of the molecule is Cc1cc(C(=O)C2COc3ccccc3C2=O)c(C)o1. The molecule has 1 unspecified atom stereocenters. The average Bonchev–Trinajstić information content (AvgIpc) is 2.78. The van der Waals surface area contributed by atoms with Crippen molar-refractivity contribution in [3.8, 4) is 5.75 Å². The van der Waals surface area contributed by atoms with E-state index in [-0.39, 0.29) is 18.2 Å². The fourth-order valence-electron chi connectivity index (χ4n) is 2.49. The van der Waals surface area contributed by atoms with Gasteiger partial charge in [0.1, 0.15) is 29.8 Å². The highest BCUT2D eigenvalue weighted by atomic mass is 16.5. The third-order valence-electron chi connectivity index (χ3n) is 3.50. The summed E-state index contributed by atoms with van der Waals surface area (Å²) in [6, 6.07) is 8.66. The van der Waals surface area contributed by atoms with Gasteiger partial charge in [0.2, 0.25) is 0 Å². The number of rotatable bonds is 2. The minimum atomic E-state index is -0.791. The number of aryl methyl sites for hydroxylation is 2. The smallest absolute Gasteiger partial charge is 0.180 e. The molecule has 0 aliphatic carbocycles. The van der Waals surface area contributed by atoms with Gasteiger partial charge in [-0.25, -0.2) is 0 Å². The largest absolute Gasteiger partial charge is 0.492 e. The molecule has 1 aromatic heterocycles. The Morgan fingerprint density at radius 1 is 1.25 bits per heavy atom. The number of carbonyl (C=O) groups is 2. The number of hydrogen-bond donors (Lipinski definition) is 0. The third-order valence-corrected chi connectivity index (χ3v) is 3.50. The van der Waals surface area contributed by atoms with Crippen LogP contribution >= 0.6 is 0 Å². The van der Waals surface area contributed by atoms with Crippen molar-refractivity contribution >= 4 is 11.6 Å². The number of hydrogen-bond acceptors (Lipinski definition) is 4. The van der Waals surface area contributed by atoms with E-state index in [4.69, 9.17) is 9.15 Å². The fourth-order valence-corrected chi connectivity index (χ4v) is 2.49. The van der Waals surface area contributed by atoms with E-state index in [0.29, 0.717) is 28.4 Å². The van der Waals surface area contributed by atoms with Crippen molar-refractivity contribution in [2.24, 2.45) is 5.92 Å². The van der Waals surface area contributed by atoms with Gasteiger partial charge in [-0.2, -0.15) is 0 Å². The van der Waals surface area contributed by atoms with E-state index in [1.807, 2.05) is 0 Å². The molecule has 20 heavy (non-hydrogen) atoms. The number of ketones is 2. The normalized spacial score (nSPS) is 17.5. The Morgan fingerprint density at radius 3 is 2.70 bits per heavy atom. The van der Waals surface area contributed by atoms with Gasteiger partial charge in [-0.05, 0) is 32.0 Å². The highest BCUT2D eigenvalue weighted by molar-refractivity contribution is 6.18. The predicted molar refractivity (Wildman–Crippen MR) is 72.3 cm³/mol. The molecule has 1 atom stereocenters. The summed E-state index contributed by atoms with van der Waals surface area (Å²) in [6.07, 6.45) is 0. The summed E-state index contributed by atoms with van der Waals surface area (Å²) in [5.74, 6) is 0.533. The van der Waals surface area contributed by atoms with Crippen molar-refractivity contribution in [1.82, 2.24) is 0 Å². The summed E-state index contributed by atoms with van der Waals surface area (Å²) >= 11 is 0. The number of ether oxygens (including phenoxy) is 1. The molecule has 0 saturated carbocycles. The summed E-state index contributed by atoms with van der Waals surface area (Å²) in [7, 11) is 0. The van der Waals surface area contributed by atoms with Crippen LogP contribution in [0.5, 0.6) is 5.75 Å². The minimum absolute atomic E-state index is 0.0817. The number of benzene rings is 1. The maximum Gasteiger partial charge on any atom is 0.180 e. The first-order valence-corrected chi connectivity index (χ1v) is 6.45. The van der Waals surface area contributed by atoms with Crippen molar-refractivity contribution in [2.75, 3.05) is 6.61 Å². The zero-order valence-electron chi connectivity index (χ0n) is 11.3. The molecule has 0 bridgehead atoms. The Labute approximate surface area is 116 Å². The standard InChI is InChI=1S/C16H14O4/c1-9-7-12(10(2)20-9)16(18)13-8-19-14-6-4-3-5-11(14)15(13)17/h3-7,13H,8H2,1-2H3. The Bertz CT molecular complexity index is 696. The Balaban J connectivity index is 1.95. The van der Waals surface area contributed by atoms with Crippen LogP contribution in [-0.2, 0) is 0 Å². The van der Waals surface area contributed by atoms with Gasteiger partial charge >= 0.3 is 0 Å². The van der Waals surface area contributed by atoms with Crippen LogP contribution in [-0.4, -0.2) is 18.2 Å². The first-order chi connectivity index (χ1) is 9.58. The van der Waals surface area contributed by atoms with Gasteiger partial charge < -0.3 is 9.15 Å². The molecular formula is C16H14O4. The lowest BCUT2D eigenvalue weighted by Gasteiger charge is -2.22. The van der Waals surface area contributed by atoms with Crippen LogP contribution < -0.4 is 4.74 Å². The summed E-state index contributed by atoms with van der Waals surface area (Å²) in [5, 5.41) is 0. The topological polar surface area (TPSA) is 56.5 Å². The quantitative estimate of drug-likeness (QED) is 0.622. The molecule has 4 heteroatoms. The molecule has 0 N–H and O–H groups in total. The molecule has 4 nitrogen and oxygen atoms in total. The lowest BCUT2D eigenvalue weighted by atomic mass is 9.88. The highest BCUT2D eigenvalue weighted by Crippen LogP contribution is 2.29. The van der Waals surface area contributed by atoms with Crippen molar-refractivity contribution in [3.63, 3.8) is 0 Å². The minimum Gasteiger partial charge on any atom is -0.492 e. The molecule has 102 valence electrons. The van der Waals surface area contributed by atoms with Crippen molar-refractivity contribution in [2.45, 2.75) is 13.8 Å². The van der Waals surface area contributed by atoms with Gasteiger partial charge in [0.05, 0.1) is 11.1 Å². The van der Waals surface area contributed by atoms with Crippen LogP contribution in [0.3, 0.4) is 0 Å². The molecule has 1 aliphatic heterocycles. The Hall–Kier alpha value is -2.36. The average molecular weight is 270 g/mol. The van der Waals surface area contributed by atoms with E-state index < -0.39 is 5.92 Å². The predicted octanol–water partition coefficient (Wildman–Crippen LogP) is 2.97. The van der Waals surface area contributed by atoms with Crippen LogP contribution in [0, 0.1) is 19.8 Å². The molecule has 2 heterocycles. The van der Waals surface area contributed by atoms with E-state index >= 15 is 0 Å². The second-order valence-electron chi connectivity index (χ2n) is 4.92. The number of Topliss-reactive ketones (excluding diaryl/α,β-unsaturated/α-hetero) is 2. The van der Waals surface area contributed by atoms with Gasteiger partial charge in [0, 0.05) is 0 Å². The highest BCUT2D eigenvalue weighted by Gasteiger charge is 2.35. The van der Waals surface area contributed by atoms with Gasteiger partial charge in [-0.15, -0.1) is 0 Å². The zero-order chi connectivity index (χ0) is 14.3. The molecule has 0 fully saturated rings. The van der Waals surface area contributed by atoms with Crippen LogP contribution in [0.2, 0.25) is 0 Å². The lowest BCUT2D eigenvalue weighted by Crippen LogP contribution is -2.34. The summed E-state index contributed by atoms with van der Waals surface area (Å²) in [4.78, 5) is 24.9. The number of furan rings is 1. The first kappa shape index (κ1) is 12.7. The van der Waals surface area contributed by atoms with E-state index in [0.717, 1.165) is 0 Å². The van der Waals surface area contributed by atoms with Crippen LogP contribution in [0.1, 0.15) is 32.2 Å². The number of fused-ring (bicyclic) bond motifs is 1. The third kappa shape index (κ3) is 1.93. The molecule has 1 aromatic carbocycles. The molecule has 2 aromatic rings. The number of para-hydroxylation sites is 1. The van der Waals surface area contributed by atoms with Crippen molar-refractivity contribution < 1.29 is 18.7 Å². The van der Waals surface area contributed by atoms with E-state index in [2.05, 4.69) is 0 Å². The maximum atomic E-state index is 12.5. The number of carbonyl (C=O) groups excluding carboxylic acids is 2. The van der Waals surface area contributed by atoms with Crippen LogP contribution in [0.15, 0.2) is 34.7 Å². The van der Waals surface area contributed by atoms with E-state index in [1.54, 1.807) is 44.2 Å². The summed E-state index contributed by atoms with van der Waals surface area (Å²) in [6.45, 7) is 3.58. The van der Waals surface area contributed by atoms with Gasteiger partial charge in [0.15, 0.2) is 11.6 Å². The van der Waals surface area contributed by atoms with E-state index in [1.165, 1.54) is 0 Å². The molecule has 0 radical (unpaired) electrons. The van der Waals surface area contributed by atoms with Gasteiger partial charge in [0.25, 0.3) is 0 Å². The molecular weight excluding hydrogens is 256 g/mol. The molecule has 0 spiro atoms. The first-order valence-electron chi connectivity index (χ1n) is 6.45. The van der Waals surface area contributed by atoms with Gasteiger partial charge in [-0.3, -0.25) is 9.59 Å². The Morgan fingerprint density at radius 2 is 2.00 bits per heavy atom. The van der Waals surface area contributed by atoms with Crippen LogP contribution in [0.4, 0.5) is 0 Å². The second kappa shape index (κ2) is 4.63. The molecule has 0 amide bonds. The molecule has 1 aliphatic rings. The zero-order valence-corrected chi connectivity index (χ0v) is 11.3. The monoisotopic (exact) mass is 270 g/mol. The fraction of sp³-hybridized carbons (Fsp3) is 0.250. The molecule has 0 saturated heterocycles. The Kier molecular flexibility index (Phi) is 2.93. The molecule has 3 rings (SSSR count).